The molecule has 92 valence electrons. The molecule has 0 unspecified atom stereocenters. The number of aromatic nitrogens is 2. The number of hydrogen-bond donors (Lipinski definition) is 1. The lowest BCUT2D eigenvalue weighted by atomic mass is 9.97. The van der Waals surface area contributed by atoms with E-state index in [9.17, 15) is 4.79 Å². The number of carboxylic acids is 1. The molecule has 0 spiro atoms. The van der Waals surface area contributed by atoms with Crippen molar-refractivity contribution in [1.82, 2.24) is 9.97 Å². The van der Waals surface area contributed by atoms with Crippen LogP contribution < -0.4 is 4.90 Å². The second-order valence-electron chi connectivity index (χ2n) is 4.60. The van der Waals surface area contributed by atoms with Crippen molar-refractivity contribution in [2.24, 2.45) is 0 Å². The predicted octanol–water partition coefficient (Wildman–Crippen LogP) is 1.94. The quantitative estimate of drug-likeness (QED) is 0.848. The van der Waals surface area contributed by atoms with Crippen LogP contribution in [0.15, 0.2) is 12.4 Å². The molecular weight excluding hydrogens is 218 g/mol. The van der Waals surface area contributed by atoms with E-state index in [4.69, 9.17) is 5.11 Å². The molecular formula is C12H17N3O2. The summed E-state index contributed by atoms with van der Waals surface area (Å²) in [5.74, 6) is -0.289. The van der Waals surface area contributed by atoms with Crippen LogP contribution in [-0.2, 0) is 0 Å². The monoisotopic (exact) mass is 235 g/mol. The van der Waals surface area contributed by atoms with Crippen LogP contribution in [0.3, 0.4) is 0 Å². The minimum absolute atomic E-state index is 0.0555. The summed E-state index contributed by atoms with van der Waals surface area (Å²) >= 11 is 0. The molecule has 0 bridgehead atoms. The van der Waals surface area contributed by atoms with E-state index in [1.165, 1.54) is 12.7 Å². The minimum Gasteiger partial charge on any atom is -0.477 e. The number of anilines is 1. The second-order valence-corrected chi connectivity index (χ2v) is 4.60. The summed E-state index contributed by atoms with van der Waals surface area (Å²) in [6.07, 6.45) is 4.79. The van der Waals surface area contributed by atoms with Gasteiger partial charge < -0.3 is 10.0 Å². The molecule has 1 aromatic rings. The van der Waals surface area contributed by atoms with Crippen molar-refractivity contribution in [1.29, 1.82) is 0 Å². The highest BCUT2D eigenvalue weighted by atomic mass is 16.4. The minimum atomic E-state index is -1.01. The summed E-state index contributed by atoms with van der Waals surface area (Å²) in [6, 6.07) is 2.35. The topological polar surface area (TPSA) is 66.3 Å². The molecule has 0 aromatic carbocycles. The molecule has 2 atom stereocenters. The zero-order valence-electron chi connectivity index (χ0n) is 10.1. The Morgan fingerprint density at radius 2 is 2.00 bits per heavy atom. The number of carboxylic acid groups (broad SMARTS) is 1. The first kappa shape index (κ1) is 11.8. The Bertz CT molecular complexity index is 412. The van der Waals surface area contributed by atoms with Gasteiger partial charge in [0.15, 0.2) is 5.69 Å². The number of carbonyl (C=O) groups is 1. The van der Waals surface area contributed by atoms with E-state index in [1.54, 1.807) is 6.07 Å². The summed E-state index contributed by atoms with van der Waals surface area (Å²) in [4.78, 5) is 21.0. The van der Waals surface area contributed by atoms with Gasteiger partial charge in [-0.25, -0.2) is 14.8 Å². The molecule has 2 heterocycles. The second kappa shape index (κ2) is 4.69. The Morgan fingerprint density at radius 1 is 1.35 bits per heavy atom. The smallest absolute Gasteiger partial charge is 0.354 e. The van der Waals surface area contributed by atoms with Crippen LogP contribution >= 0.6 is 0 Å². The maximum absolute atomic E-state index is 10.9. The van der Waals surface area contributed by atoms with Crippen LogP contribution in [0.5, 0.6) is 0 Å². The van der Waals surface area contributed by atoms with E-state index in [0.29, 0.717) is 12.1 Å². The summed E-state index contributed by atoms with van der Waals surface area (Å²) in [5.41, 5.74) is 0.0555. The van der Waals surface area contributed by atoms with Crippen molar-refractivity contribution < 1.29 is 9.90 Å². The Labute approximate surface area is 100 Å². The van der Waals surface area contributed by atoms with E-state index in [0.717, 1.165) is 18.7 Å². The maximum atomic E-state index is 10.9. The van der Waals surface area contributed by atoms with Gasteiger partial charge in [0.2, 0.25) is 0 Å². The standard InChI is InChI=1S/C12H17N3O2/c1-8-4-3-5-9(2)15(8)11-6-10(12(16)17)13-7-14-11/h6-9H,3-5H2,1-2H3,(H,16,17)/t8-,9-/m1/s1. The lowest BCUT2D eigenvalue weighted by Gasteiger charge is -2.39. The molecule has 0 radical (unpaired) electrons. The van der Waals surface area contributed by atoms with Crippen molar-refractivity contribution in [3.8, 4) is 0 Å². The summed E-state index contributed by atoms with van der Waals surface area (Å²) < 4.78 is 0. The zero-order chi connectivity index (χ0) is 12.4. The maximum Gasteiger partial charge on any atom is 0.354 e. The Kier molecular flexibility index (Phi) is 3.26. The average molecular weight is 235 g/mol. The SMILES string of the molecule is C[C@@H]1CCC[C@@H](C)N1c1cc(C(=O)O)ncn1. The molecule has 1 fully saturated rings. The summed E-state index contributed by atoms with van der Waals surface area (Å²) in [7, 11) is 0. The number of aromatic carboxylic acids is 1. The van der Waals surface area contributed by atoms with Crippen molar-refractivity contribution in [2.45, 2.75) is 45.2 Å². The fraction of sp³-hybridized carbons (Fsp3) is 0.583. The van der Waals surface area contributed by atoms with Gasteiger partial charge in [0, 0.05) is 18.2 Å². The molecule has 1 saturated heterocycles. The lowest BCUT2D eigenvalue weighted by Crippen LogP contribution is -2.44. The van der Waals surface area contributed by atoms with Gasteiger partial charge in [0.1, 0.15) is 12.1 Å². The average Bonchev–Trinajstić information content (AvgIpc) is 2.29. The molecule has 1 aliphatic rings. The molecule has 1 aromatic heterocycles. The van der Waals surface area contributed by atoms with Gasteiger partial charge in [0.25, 0.3) is 0 Å². The largest absolute Gasteiger partial charge is 0.477 e. The molecule has 5 heteroatoms. The molecule has 0 saturated carbocycles. The van der Waals surface area contributed by atoms with Crippen LogP contribution in [-0.4, -0.2) is 33.1 Å². The van der Waals surface area contributed by atoms with E-state index in [1.807, 2.05) is 0 Å². The van der Waals surface area contributed by atoms with Crippen LogP contribution in [0.4, 0.5) is 5.82 Å². The number of rotatable bonds is 2. The van der Waals surface area contributed by atoms with Gasteiger partial charge in [0.05, 0.1) is 0 Å². The predicted molar refractivity (Wildman–Crippen MR) is 64.2 cm³/mol. The number of piperidine rings is 1. The summed E-state index contributed by atoms with van der Waals surface area (Å²) in [5, 5.41) is 8.93. The van der Waals surface area contributed by atoms with Crippen molar-refractivity contribution in [3.05, 3.63) is 18.1 Å². The Morgan fingerprint density at radius 3 is 2.59 bits per heavy atom. The molecule has 1 aliphatic heterocycles. The molecule has 17 heavy (non-hydrogen) atoms. The Balaban J connectivity index is 2.31. The molecule has 2 rings (SSSR count). The Hall–Kier alpha value is -1.65. The number of hydrogen-bond acceptors (Lipinski definition) is 4. The first-order chi connectivity index (χ1) is 8.09. The third-order valence-corrected chi connectivity index (χ3v) is 3.33. The molecule has 0 amide bonds. The van der Waals surface area contributed by atoms with E-state index in [-0.39, 0.29) is 5.69 Å². The first-order valence-corrected chi connectivity index (χ1v) is 5.93. The number of nitrogens with zero attached hydrogens (tertiary/aromatic N) is 3. The van der Waals surface area contributed by atoms with Gasteiger partial charge in [-0.3, -0.25) is 0 Å². The van der Waals surface area contributed by atoms with Gasteiger partial charge in [-0.1, -0.05) is 0 Å². The molecule has 0 aliphatic carbocycles. The van der Waals surface area contributed by atoms with Crippen molar-refractivity contribution in [3.63, 3.8) is 0 Å². The van der Waals surface area contributed by atoms with E-state index >= 15 is 0 Å². The van der Waals surface area contributed by atoms with Gasteiger partial charge >= 0.3 is 5.97 Å². The highest BCUT2D eigenvalue weighted by Crippen LogP contribution is 2.27. The van der Waals surface area contributed by atoms with Crippen LogP contribution in [0.1, 0.15) is 43.6 Å². The highest BCUT2D eigenvalue weighted by Gasteiger charge is 2.26. The fourth-order valence-corrected chi connectivity index (χ4v) is 2.48. The molecule has 1 N–H and O–H groups in total. The van der Waals surface area contributed by atoms with Gasteiger partial charge in [-0.05, 0) is 33.1 Å². The van der Waals surface area contributed by atoms with Gasteiger partial charge in [-0.15, -0.1) is 0 Å². The van der Waals surface area contributed by atoms with E-state index < -0.39 is 5.97 Å². The fourth-order valence-electron chi connectivity index (χ4n) is 2.48. The molecule has 5 nitrogen and oxygen atoms in total. The van der Waals surface area contributed by atoms with Crippen LogP contribution in [0, 0.1) is 0 Å². The first-order valence-electron chi connectivity index (χ1n) is 5.93. The lowest BCUT2D eigenvalue weighted by molar-refractivity contribution is 0.0690. The van der Waals surface area contributed by atoms with Crippen LogP contribution in [0.2, 0.25) is 0 Å². The van der Waals surface area contributed by atoms with Crippen molar-refractivity contribution >= 4 is 11.8 Å². The third kappa shape index (κ3) is 2.38. The third-order valence-electron chi connectivity index (χ3n) is 3.33. The van der Waals surface area contributed by atoms with Crippen LogP contribution in [0.25, 0.3) is 0 Å². The van der Waals surface area contributed by atoms with Gasteiger partial charge in [-0.2, -0.15) is 0 Å². The van der Waals surface area contributed by atoms with E-state index in [2.05, 4.69) is 28.7 Å². The zero-order valence-corrected chi connectivity index (χ0v) is 10.1. The highest BCUT2D eigenvalue weighted by molar-refractivity contribution is 5.86. The normalized spacial score (nSPS) is 24.7. The summed E-state index contributed by atoms with van der Waals surface area (Å²) in [6.45, 7) is 4.30. The van der Waals surface area contributed by atoms with Crippen molar-refractivity contribution in [2.75, 3.05) is 4.90 Å².